The van der Waals surface area contributed by atoms with Crippen LogP contribution >= 0.6 is 0 Å². The van der Waals surface area contributed by atoms with Gasteiger partial charge in [0, 0.05) is 12.1 Å². The highest BCUT2D eigenvalue weighted by Gasteiger charge is 2.39. The van der Waals surface area contributed by atoms with E-state index in [2.05, 4.69) is 16.0 Å². The Balaban J connectivity index is 1.53. The van der Waals surface area contributed by atoms with Crippen molar-refractivity contribution in [1.82, 2.24) is 16.0 Å². The zero-order chi connectivity index (χ0) is 17.1. The Bertz CT molecular complexity index is 452. The van der Waals surface area contributed by atoms with E-state index in [1.165, 1.54) is 19.3 Å². The Morgan fingerprint density at radius 2 is 1.96 bits per heavy atom. The molecule has 2 saturated carbocycles. The number of hydrogen-bond donors (Lipinski definition) is 4. The Labute approximate surface area is 144 Å². The summed E-state index contributed by atoms with van der Waals surface area (Å²) >= 11 is 0. The van der Waals surface area contributed by atoms with Gasteiger partial charge in [0.05, 0.1) is 12.1 Å². The highest BCUT2D eigenvalue weighted by molar-refractivity contribution is 5.85. The summed E-state index contributed by atoms with van der Waals surface area (Å²) in [5.74, 6) is 0.174. The van der Waals surface area contributed by atoms with Crippen molar-refractivity contribution in [1.29, 1.82) is 0 Å². The summed E-state index contributed by atoms with van der Waals surface area (Å²) in [5.41, 5.74) is 0. The molecule has 2 aliphatic carbocycles. The van der Waals surface area contributed by atoms with E-state index < -0.39 is 12.1 Å². The monoisotopic (exact) mass is 337 g/mol. The number of fused-ring (bicyclic) bond motifs is 1. The van der Waals surface area contributed by atoms with Crippen LogP contribution in [-0.2, 0) is 9.59 Å². The number of rotatable bonds is 7. The number of carbonyl (C=O) groups is 2. The van der Waals surface area contributed by atoms with Gasteiger partial charge in [0.25, 0.3) is 5.91 Å². The summed E-state index contributed by atoms with van der Waals surface area (Å²) in [4.78, 5) is 24.7. The van der Waals surface area contributed by atoms with Gasteiger partial charge in [0.2, 0.25) is 5.91 Å². The predicted octanol–water partition coefficient (Wildman–Crippen LogP) is 0.832. The fourth-order valence-electron chi connectivity index (χ4n) is 4.12. The van der Waals surface area contributed by atoms with Gasteiger partial charge in [-0.25, -0.2) is 0 Å². The number of nitrogens with one attached hydrogen (secondary N) is 3. The standard InChI is InChI=1S/C18H31N3O3/c1-2-5-14(16(22)18(24)19-12-8-9-12)21-17(23)15-10-11-6-3-4-7-13(11)20-15/h11-16,20,22H,2-10H2,1H3,(H,19,24)(H,21,23). The third kappa shape index (κ3) is 4.28. The second kappa shape index (κ2) is 7.83. The molecule has 24 heavy (non-hydrogen) atoms. The maximum absolute atomic E-state index is 12.6. The molecular weight excluding hydrogens is 306 g/mol. The van der Waals surface area contributed by atoms with Gasteiger partial charge in [-0.1, -0.05) is 26.2 Å². The van der Waals surface area contributed by atoms with Crippen LogP contribution in [0.5, 0.6) is 0 Å². The molecule has 3 fully saturated rings. The molecule has 0 aromatic rings. The third-order valence-corrected chi connectivity index (χ3v) is 5.68. The van der Waals surface area contributed by atoms with Gasteiger partial charge in [-0.05, 0) is 44.4 Å². The summed E-state index contributed by atoms with van der Waals surface area (Å²) in [5, 5.41) is 19.5. The Morgan fingerprint density at radius 3 is 2.62 bits per heavy atom. The molecular formula is C18H31N3O3. The SMILES string of the molecule is CCCC(NC(=O)C1CC2CCCCC2N1)C(O)C(=O)NC1CC1. The lowest BCUT2D eigenvalue weighted by atomic mass is 9.85. The minimum absolute atomic E-state index is 0.0684. The first-order valence-corrected chi connectivity index (χ1v) is 9.63. The molecule has 136 valence electrons. The van der Waals surface area contributed by atoms with Crippen LogP contribution in [0.25, 0.3) is 0 Å². The first kappa shape index (κ1) is 17.7. The smallest absolute Gasteiger partial charge is 0.251 e. The molecule has 0 bridgehead atoms. The van der Waals surface area contributed by atoms with Crippen LogP contribution < -0.4 is 16.0 Å². The molecule has 1 saturated heterocycles. The Kier molecular flexibility index (Phi) is 5.76. The number of aliphatic hydroxyl groups excluding tert-OH is 1. The zero-order valence-corrected chi connectivity index (χ0v) is 14.6. The molecule has 5 unspecified atom stereocenters. The molecule has 3 aliphatic rings. The molecule has 0 aromatic heterocycles. The number of carbonyl (C=O) groups excluding carboxylic acids is 2. The minimum Gasteiger partial charge on any atom is -0.381 e. The van der Waals surface area contributed by atoms with Crippen molar-refractivity contribution in [3.8, 4) is 0 Å². The average molecular weight is 337 g/mol. The van der Waals surface area contributed by atoms with Gasteiger partial charge in [-0.15, -0.1) is 0 Å². The van der Waals surface area contributed by atoms with Crippen LogP contribution in [0.3, 0.4) is 0 Å². The van der Waals surface area contributed by atoms with Crippen molar-refractivity contribution in [2.45, 2.75) is 95.0 Å². The second-order valence-corrected chi connectivity index (χ2v) is 7.74. The molecule has 0 spiro atoms. The van der Waals surface area contributed by atoms with E-state index in [1.807, 2.05) is 6.92 Å². The van der Waals surface area contributed by atoms with Gasteiger partial charge in [-0.3, -0.25) is 9.59 Å². The molecule has 2 amide bonds. The highest BCUT2D eigenvalue weighted by Crippen LogP contribution is 2.33. The van der Waals surface area contributed by atoms with E-state index in [0.717, 1.165) is 32.1 Å². The summed E-state index contributed by atoms with van der Waals surface area (Å²) in [6.45, 7) is 1.99. The summed E-state index contributed by atoms with van der Waals surface area (Å²) < 4.78 is 0. The lowest BCUT2D eigenvalue weighted by Gasteiger charge is -2.25. The molecule has 5 atom stereocenters. The molecule has 6 nitrogen and oxygen atoms in total. The fourth-order valence-corrected chi connectivity index (χ4v) is 4.12. The summed E-state index contributed by atoms with van der Waals surface area (Å²) in [6, 6.07) is -0.0196. The minimum atomic E-state index is -1.17. The number of hydrogen-bond acceptors (Lipinski definition) is 4. The lowest BCUT2D eigenvalue weighted by molar-refractivity contribution is -0.132. The van der Waals surface area contributed by atoms with Gasteiger partial charge in [-0.2, -0.15) is 0 Å². The van der Waals surface area contributed by atoms with Gasteiger partial charge in [0.15, 0.2) is 6.10 Å². The maximum atomic E-state index is 12.6. The molecule has 1 aliphatic heterocycles. The van der Waals surface area contributed by atoms with Gasteiger partial charge < -0.3 is 21.1 Å². The van der Waals surface area contributed by atoms with Crippen LogP contribution in [0.2, 0.25) is 0 Å². The van der Waals surface area contributed by atoms with E-state index in [9.17, 15) is 14.7 Å². The molecule has 6 heteroatoms. The Morgan fingerprint density at radius 1 is 1.21 bits per heavy atom. The lowest BCUT2D eigenvalue weighted by Crippen LogP contribution is -2.54. The molecule has 0 radical (unpaired) electrons. The number of amides is 2. The molecule has 1 heterocycles. The quantitative estimate of drug-likeness (QED) is 0.554. The van der Waals surface area contributed by atoms with Crippen LogP contribution in [0.1, 0.15) is 64.7 Å². The van der Waals surface area contributed by atoms with Gasteiger partial charge >= 0.3 is 0 Å². The maximum Gasteiger partial charge on any atom is 0.251 e. The number of aliphatic hydroxyl groups is 1. The van der Waals surface area contributed by atoms with Crippen LogP contribution in [-0.4, -0.2) is 47.2 Å². The van der Waals surface area contributed by atoms with E-state index in [-0.39, 0.29) is 23.9 Å². The van der Waals surface area contributed by atoms with E-state index in [4.69, 9.17) is 0 Å². The van der Waals surface area contributed by atoms with Crippen LogP contribution in [0, 0.1) is 5.92 Å². The highest BCUT2D eigenvalue weighted by atomic mass is 16.3. The van der Waals surface area contributed by atoms with Crippen LogP contribution in [0.4, 0.5) is 0 Å². The molecule has 4 N–H and O–H groups in total. The predicted molar refractivity (Wildman–Crippen MR) is 91.3 cm³/mol. The topological polar surface area (TPSA) is 90.5 Å². The third-order valence-electron chi connectivity index (χ3n) is 5.68. The fraction of sp³-hybridized carbons (Fsp3) is 0.889. The largest absolute Gasteiger partial charge is 0.381 e. The molecule has 0 aromatic carbocycles. The first-order valence-electron chi connectivity index (χ1n) is 9.63. The first-order chi connectivity index (χ1) is 11.6. The summed E-state index contributed by atoms with van der Waals surface area (Å²) in [7, 11) is 0. The average Bonchev–Trinajstić information content (AvgIpc) is 3.27. The van der Waals surface area contributed by atoms with Crippen molar-refractivity contribution in [3.05, 3.63) is 0 Å². The van der Waals surface area contributed by atoms with Gasteiger partial charge in [0.1, 0.15) is 0 Å². The van der Waals surface area contributed by atoms with Crippen LogP contribution in [0.15, 0.2) is 0 Å². The van der Waals surface area contributed by atoms with E-state index in [1.54, 1.807) is 0 Å². The van der Waals surface area contributed by atoms with Crippen molar-refractivity contribution in [2.75, 3.05) is 0 Å². The molecule has 3 rings (SSSR count). The second-order valence-electron chi connectivity index (χ2n) is 7.74. The van der Waals surface area contributed by atoms with Crippen molar-refractivity contribution < 1.29 is 14.7 Å². The van der Waals surface area contributed by atoms with E-state index >= 15 is 0 Å². The van der Waals surface area contributed by atoms with Crippen molar-refractivity contribution in [2.24, 2.45) is 5.92 Å². The van der Waals surface area contributed by atoms with Crippen molar-refractivity contribution in [3.63, 3.8) is 0 Å². The normalized spacial score (nSPS) is 31.8. The zero-order valence-electron chi connectivity index (χ0n) is 14.6. The Hall–Kier alpha value is -1.14. The van der Waals surface area contributed by atoms with E-state index in [0.29, 0.717) is 18.4 Å². The summed E-state index contributed by atoms with van der Waals surface area (Å²) in [6.07, 6.45) is 7.93. The van der Waals surface area contributed by atoms with Crippen molar-refractivity contribution >= 4 is 11.8 Å².